The van der Waals surface area contributed by atoms with Gasteiger partial charge in [-0.1, -0.05) is 12.1 Å². The molecule has 0 saturated carbocycles. The number of hydrogen-bond acceptors (Lipinski definition) is 5. The minimum atomic E-state index is -2.71. The third kappa shape index (κ3) is 5.84. The van der Waals surface area contributed by atoms with Gasteiger partial charge in [0.15, 0.2) is 11.7 Å². The number of amides is 2. The third-order valence-corrected chi connectivity index (χ3v) is 4.16. The highest BCUT2D eigenvalue weighted by Crippen LogP contribution is 2.27. The molecule has 0 saturated heterocycles. The van der Waals surface area contributed by atoms with Crippen molar-refractivity contribution in [2.45, 2.75) is 19.3 Å². The third-order valence-electron chi connectivity index (χ3n) is 4.16. The molecule has 0 radical (unpaired) electrons. The molecule has 3 rings (SSSR count). The molecule has 0 aliphatic carbocycles. The maximum Gasteiger partial charge on any atom is 0.272 e. The first-order valence-corrected chi connectivity index (χ1v) is 9.17. The Balaban J connectivity index is 1.66. The van der Waals surface area contributed by atoms with E-state index < -0.39 is 30.7 Å². The Kier molecular flexibility index (Phi) is 6.91. The van der Waals surface area contributed by atoms with Crippen molar-refractivity contribution in [1.82, 2.24) is 4.98 Å². The van der Waals surface area contributed by atoms with Crippen LogP contribution in [0.4, 0.5) is 18.9 Å². The van der Waals surface area contributed by atoms with Gasteiger partial charge in [-0.05, 0) is 30.3 Å². The summed E-state index contributed by atoms with van der Waals surface area (Å²) in [6, 6.07) is 9.85. The SMILES string of the molecule is NC(=O)c1ccc(OCC(F)F)c(NC(=O)CCc2ncc(-c3ccccc3F)o2)c1. The molecule has 0 aliphatic heterocycles. The first-order valence-electron chi connectivity index (χ1n) is 9.17. The van der Waals surface area contributed by atoms with Gasteiger partial charge >= 0.3 is 0 Å². The number of anilines is 1. The lowest BCUT2D eigenvalue weighted by Gasteiger charge is -2.13. The van der Waals surface area contributed by atoms with Crippen LogP contribution in [0.25, 0.3) is 11.3 Å². The lowest BCUT2D eigenvalue weighted by Crippen LogP contribution is -2.17. The lowest BCUT2D eigenvalue weighted by atomic mass is 10.1. The zero-order valence-corrected chi connectivity index (χ0v) is 16.1. The van der Waals surface area contributed by atoms with E-state index in [2.05, 4.69) is 10.3 Å². The summed E-state index contributed by atoms with van der Waals surface area (Å²) in [4.78, 5) is 27.7. The second-order valence-electron chi connectivity index (χ2n) is 6.42. The first kappa shape index (κ1) is 21.9. The number of benzene rings is 2. The van der Waals surface area contributed by atoms with Crippen molar-refractivity contribution in [2.75, 3.05) is 11.9 Å². The van der Waals surface area contributed by atoms with E-state index in [1.54, 1.807) is 18.2 Å². The van der Waals surface area contributed by atoms with Crippen molar-refractivity contribution in [3.63, 3.8) is 0 Å². The average molecular weight is 433 g/mol. The van der Waals surface area contributed by atoms with Crippen LogP contribution in [0.15, 0.2) is 53.1 Å². The van der Waals surface area contributed by atoms with Gasteiger partial charge in [0.05, 0.1) is 17.4 Å². The minimum Gasteiger partial charge on any atom is -0.485 e. The first-order chi connectivity index (χ1) is 14.8. The van der Waals surface area contributed by atoms with E-state index in [1.165, 1.54) is 30.5 Å². The van der Waals surface area contributed by atoms with Crippen molar-refractivity contribution >= 4 is 17.5 Å². The number of nitrogens with zero attached hydrogens (tertiary/aromatic N) is 1. The Labute approximate surface area is 175 Å². The molecular weight excluding hydrogens is 415 g/mol. The molecule has 3 N–H and O–H groups in total. The quantitative estimate of drug-likeness (QED) is 0.534. The van der Waals surface area contributed by atoms with Gasteiger partial charge in [-0.15, -0.1) is 0 Å². The van der Waals surface area contributed by atoms with E-state index in [-0.39, 0.29) is 47.1 Å². The molecule has 0 aliphatic rings. The molecule has 0 atom stereocenters. The topological polar surface area (TPSA) is 107 Å². The zero-order valence-electron chi connectivity index (χ0n) is 16.1. The number of hydrogen-bond donors (Lipinski definition) is 2. The molecule has 7 nitrogen and oxygen atoms in total. The summed E-state index contributed by atoms with van der Waals surface area (Å²) >= 11 is 0. The number of alkyl halides is 2. The maximum absolute atomic E-state index is 13.8. The molecular formula is C21H18F3N3O4. The predicted molar refractivity (Wildman–Crippen MR) is 105 cm³/mol. The molecule has 2 aromatic carbocycles. The van der Waals surface area contributed by atoms with Crippen molar-refractivity contribution in [3.8, 4) is 17.1 Å². The number of aromatic nitrogens is 1. The monoisotopic (exact) mass is 433 g/mol. The van der Waals surface area contributed by atoms with E-state index in [0.29, 0.717) is 0 Å². The second kappa shape index (κ2) is 9.79. The number of ether oxygens (including phenoxy) is 1. The Morgan fingerprint density at radius 3 is 2.68 bits per heavy atom. The van der Waals surface area contributed by atoms with Crippen LogP contribution in [-0.4, -0.2) is 29.8 Å². The number of carbonyl (C=O) groups is 2. The van der Waals surface area contributed by atoms with E-state index in [1.807, 2.05) is 0 Å². The Bertz CT molecular complexity index is 1090. The number of halogens is 3. The zero-order chi connectivity index (χ0) is 22.4. The van der Waals surface area contributed by atoms with Gasteiger partial charge in [-0.2, -0.15) is 0 Å². The molecule has 2 amide bonds. The summed E-state index contributed by atoms with van der Waals surface area (Å²) in [5.41, 5.74) is 5.57. The molecule has 0 spiro atoms. The van der Waals surface area contributed by atoms with Crippen LogP contribution in [0.3, 0.4) is 0 Å². The van der Waals surface area contributed by atoms with Crippen LogP contribution in [0.2, 0.25) is 0 Å². The Morgan fingerprint density at radius 2 is 1.97 bits per heavy atom. The summed E-state index contributed by atoms with van der Waals surface area (Å²) in [5, 5.41) is 2.50. The number of nitrogens with one attached hydrogen (secondary N) is 1. The number of carbonyl (C=O) groups excluding carboxylic acids is 2. The summed E-state index contributed by atoms with van der Waals surface area (Å²) in [7, 11) is 0. The molecule has 0 unspecified atom stereocenters. The number of primary amides is 1. The van der Waals surface area contributed by atoms with E-state index in [0.717, 1.165) is 0 Å². The van der Waals surface area contributed by atoms with Gasteiger partial charge in [0.1, 0.15) is 18.2 Å². The van der Waals surface area contributed by atoms with Crippen molar-refractivity contribution in [3.05, 3.63) is 65.9 Å². The number of rotatable bonds is 9. The molecule has 0 bridgehead atoms. The standard InChI is InChI=1S/C21H18F3N3O4/c22-14-4-2-1-3-13(14)17-10-26-20(31-17)8-7-19(28)27-15-9-12(21(25)29)5-6-16(15)30-11-18(23)24/h1-6,9-10,18H,7-8,11H2,(H2,25,29)(H,27,28). The van der Waals surface area contributed by atoms with Crippen LogP contribution in [-0.2, 0) is 11.2 Å². The summed E-state index contributed by atoms with van der Waals surface area (Å²) in [6.45, 7) is -0.881. The van der Waals surface area contributed by atoms with Crippen LogP contribution in [0, 0.1) is 5.82 Å². The Morgan fingerprint density at radius 1 is 1.19 bits per heavy atom. The highest BCUT2D eigenvalue weighted by atomic mass is 19.3. The fourth-order valence-electron chi connectivity index (χ4n) is 2.70. The average Bonchev–Trinajstić information content (AvgIpc) is 3.20. The molecule has 1 heterocycles. The van der Waals surface area contributed by atoms with E-state index >= 15 is 0 Å². The summed E-state index contributed by atoms with van der Waals surface area (Å²) < 4.78 is 49.2. The van der Waals surface area contributed by atoms with Gasteiger partial charge in [0.2, 0.25) is 11.8 Å². The van der Waals surface area contributed by atoms with Gasteiger partial charge in [0.25, 0.3) is 6.43 Å². The van der Waals surface area contributed by atoms with Crippen molar-refractivity contribution in [1.29, 1.82) is 0 Å². The maximum atomic E-state index is 13.8. The summed E-state index contributed by atoms with van der Waals surface area (Å²) in [6.07, 6.45) is -1.33. The molecule has 1 aromatic heterocycles. The normalized spacial score (nSPS) is 10.8. The number of nitrogens with two attached hydrogens (primary N) is 1. The van der Waals surface area contributed by atoms with Crippen LogP contribution in [0.1, 0.15) is 22.7 Å². The van der Waals surface area contributed by atoms with Crippen molar-refractivity contribution < 1.29 is 31.9 Å². The molecule has 0 fully saturated rings. The van der Waals surface area contributed by atoms with Gasteiger partial charge in [-0.25, -0.2) is 18.2 Å². The van der Waals surface area contributed by atoms with Crippen LogP contribution < -0.4 is 15.8 Å². The van der Waals surface area contributed by atoms with E-state index in [4.69, 9.17) is 14.9 Å². The Hall–Kier alpha value is -3.82. The molecule has 162 valence electrons. The lowest BCUT2D eigenvalue weighted by molar-refractivity contribution is -0.116. The predicted octanol–water partition coefficient (Wildman–Crippen LogP) is 3.79. The van der Waals surface area contributed by atoms with Gasteiger partial charge < -0.3 is 20.2 Å². The van der Waals surface area contributed by atoms with Crippen molar-refractivity contribution in [2.24, 2.45) is 5.73 Å². The molecule has 3 aromatic rings. The largest absolute Gasteiger partial charge is 0.485 e. The number of aryl methyl sites for hydroxylation is 1. The van der Waals surface area contributed by atoms with Crippen LogP contribution >= 0.6 is 0 Å². The van der Waals surface area contributed by atoms with E-state index in [9.17, 15) is 22.8 Å². The summed E-state index contributed by atoms with van der Waals surface area (Å²) in [5.74, 6) is -1.31. The second-order valence-corrected chi connectivity index (χ2v) is 6.42. The molecule has 10 heteroatoms. The van der Waals surface area contributed by atoms with Gasteiger partial charge in [-0.3, -0.25) is 9.59 Å². The van der Waals surface area contributed by atoms with Crippen LogP contribution in [0.5, 0.6) is 5.75 Å². The fraction of sp³-hybridized carbons (Fsp3) is 0.190. The highest BCUT2D eigenvalue weighted by Gasteiger charge is 2.15. The fourth-order valence-corrected chi connectivity index (χ4v) is 2.70. The molecule has 31 heavy (non-hydrogen) atoms. The number of oxazole rings is 1. The highest BCUT2D eigenvalue weighted by molar-refractivity contribution is 5.97. The smallest absolute Gasteiger partial charge is 0.272 e. The van der Waals surface area contributed by atoms with Gasteiger partial charge in [0, 0.05) is 18.4 Å². The minimum absolute atomic E-state index is 0.0291.